The van der Waals surface area contributed by atoms with Crippen LogP contribution in [0.4, 0.5) is 0 Å². The predicted molar refractivity (Wildman–Crippen MR) is 67.8 cm³/mol. The molecule has 0 bridgehead atoms. The Kier molecular flexibility index (Phi) is 2.48. The number of hydrogen-bond acceptors (Lipinski definition) is 2. The molecule has 1 saturated heterocycles. The molecular formula is C14H22N2O2. The van der Waals surface area contributed by atoms with Crippen LogP contribution in [0.1, 0.15) is 33.1 Å². The van der Waals surface area contributed by atoms with Crippen molar-refractivity contribution in [2.75, 3.05) is 20.1 Å². The van der Waals surface area contributed by atoms with Crippen LogP contribution < -0.4 is 0 Å². The Morgan fingerprint density at radius 1 is 1.22 bits per heavy atom. The van der Waals surface area contributed by atoms with Gasteiger partial charge < -0.3 is 9.80 Å². The second kappa shape index (κ2) is 3.72. The maximum absolute atomic E-state index is 12.6. The molecule has 2 amide bonds. The standard InChI is InChI=1S/C14H22N2O2/c1-14(2)13(18)15(3)7-8-16(14)12(17)11-9-5-4-6-10(9)11/h9-11H,4-8H2,1-3H3/t9-,10-/m1/s1. The van der Waals surface area contributed by atoms with Crippen LogP contribution in [0.5, 0.6) is 0 Å². The molecular weight excluding hydrogens is 228 g/mol. The molecule has 0 aromatic heterocycles. The third kappa shape index (κ3) is 1.50. The van der Waals surface area contributed by atoms with Crippen LogP contribution in [0, 0.1) is 17.8 Å². The highest BCUT2D eigenvalue weighted by atomic mass is 16.2. The quantitative estimate of drug-likeness (QED) is 0.699. The fraction of sp³-hybridized carbons (Fsp3) is 0.857. The van der Waals surface area contributed by atoms with Gasteiger partial charge in [-0.15, -0.1) is 0 Å². The topological polar surface area (TPSA) is 40.6 Å². The smallest absolute Gasteiger partial charge is 0.247 e. The lowest BCUT2D eigenvalue weighted by molar-refractivity contribution is -0.158. The van der Waals surface area contributed by atoms with Gasteiger partial charge >= 0.3 is 0 Å². The van der Waals surface area contributed by atoms with Crippen LogP contribution in [0.25, 0.3) is 0 Å². The van der Waals surface area contributed by atoms with Gasteiger partial charge in [-0.3, -0.25) is 9.59 Å². The molecule has 2 atom stereocenters. The molecule has 0 aromatic carbocycles. The Morgan fingerprint density at radius 2 is 1.83 bits per heavy atom. The number of hydrogen-bond donors (Lipinski definition) is 0. The summed E-state index contributed by atoms with van der Waals surface area (Å²) in [5.74, 6) is 1.78. The highest BCUT2D eigenvalue weighted by Crippen LogP contribution is 2.58. The maximum Gasteiger partial charge on any atom is 0.247 e. The molecule has 4 heteroatoms. The fourth-order valence-corrected chi connectivity index (χ4v) is 3.97. The van der Waals surface area contributed by atoms with Crippen LogP contribution in [-0.4, -0.2) is 47.3 Å². The second-order valence-corrected chi connectivity index (χ2v) is 6.56. The fourth-order valence-electron chi connectivity index (χ4n) is 3.97. The first-order valence-electron chi connectivity index (χ1n) is 7.01. The third-order valence-electron chi connectivity index (χ3n) is 5.16. The Labute approximate surface area is 108 Å². The number of rotatable bonds is 1. The van der Waals surface area contributed by atoms with Gasteiger partial charge in [-0.1, -0.05) is 6.42 Å². The molecule has 0 spiro atoms. The van der Waals surface area contributed by atoms with Crippen molar-refractivity contribution in [1.82, 2.24) is 9.80 Å². The van der Waals surface area contributed by atoms with E-state index in [0.29, 0.717) is 24.9 Å². The van der Waals surface area contributed by atoms with Crippen LogP contribution in [0.15, 0.2) is 0 Å². The SMILES string of the molecule is CN1CCN(C(=O)C2[C@@H]3CCC[C@@H]23)C(C)(C)C1=O. The lowest BCUT2D eigenvalue weighted by Crippen LogP contribution is -2.64. The summed E-state index contributed by atoms with van der Waals surface area (Å²) in [5, 5.41) is 0. The zero-order valence-corrected chi connectivity index (χ0v) is 11.5. The van der Waals surface area contributed by atoms with E-state index < -0.39 is 5.54 Å². The number of fused-ring (bicyclic) bond motifs is 1. The van der Waals surface area contributed by atoms with Crippen molar-refractivity contribution in [3.05, 3.63) is 0 Å². The Bertz CT molecular complexity index is 395. The summed E-state index contributed by atoms with van der Waals surface area (Å²) < 4.78 is 0. The number of likely N-dealkylation sites (N-methyl/N-ethyl adjacent to an activating group) is 1. The van der Waals surface area contributed by atoms with Crippen LogP contribution >= 0.6 is 0 Å². The van der Waals surface area contributed by atoms with Crippen molar-refractivity contribution < 1.29 is 9.59 Å². The Morgan fingerprint density at radius 3 is 2.44 bits per heavy atom. The van der Waals surface area contributed by atoms with Gasteiger partial charge in [-0.2, -0.15) is 0 Å². The summed E-state index contributed by atoms with van der Waals surface area (Å²) in [6.07, 6.45) is 3.70. The number of carbonyl (C=O) groups is 2. The van der Waals surface area contributed by atoms with E-state index in [9.17, 15) is 9.59 Å². The van der Waals surface area contributed by atoms with E-state index in [2.05, 4.69) is 0 Å². The highest BCUT2D eigenvalue weighted by Gasteiger charge is 2.59. The average Bonchev–Trinajstić information content (AvgIpc) is 2.79. The van der Waals surface area contributed by atoms with E-state index in [1.807, 2.05) is 25.8 Å². The van der Waals surface area contributed by atoms with Crippen molar-refractivity contribution in [2.45, 2.75) is 38.6 Å². The summed E-state index contributed by atoms with van der Waals surface area (Å²) in [6.45, 7) is 5.10. The number of piperazine rings is 1. The highest BCUT2D eigenvalue weighted by molar-refractivity contribution is 5.93. The van der Waals surface area contributed by atoms with Crippen LogP contribution in [-0.2, 0) is 9.59 Å². The van der Waals surface area contributed by atoms with Crippen molar-refractivity contribution in [2.24, 2.45) is 17.8 Å². The Balaban J connectivity index is 1.76. The van der Waals surface area contributed by atoms with E-state index in [0.717, 1.165) is 0 Å². The van der Waals surface area contributed by atoms with Crippen LogP contribution in [0.3, 0.4) is 0 Å². The molecule has 3 rings (SSSR count). The summed E-state index contributed by atoms with van der Waals surface area (Å²) in [7, 11) is 1.82. The molecule has 2 aliphatic carbocycles. The van der Waals surface area contributed by atoms with Crippen LogP contribution in [0.2, 0.25) is 0 Å². The van der Waals surface area contributed by atoms with Gasteiger partial charge in [-0.25, -0.2) is 0 Å². The van der Waals surface area contributed by atoms with Gasteiger partial charge in [0.2, 0.25) is 11.8 Å². The largest absolute Gasteiger partial charge is 0.342 e. The Hall–Kier alpha value is -1.06. The van der Waals surface area contributed by atoms with Gasteiger partial charge in [0.05, 0.1) is 0 Å². The number of carbonyl (C=O) groups excluding carboxylic acids is 2. The molecule has 3 fully saturated rings. The first-order valence-corrected chi connectivity index (χ1v) is 7.01. The molecule has 3 aliphatic rings. The normalized spacial score (nSPS) is 37.7. The van der Waals surface area contributed by atoms with E-state index >= 15 is 0 Å². The van der Waals surface area contributed by atoms with Gasteiger partial charge in [0.1, 0.15) is 5.54 Å². The zero-order valence-electron chi connectivity index (χ0n) is 11.5. The first kappa shape index (κ1) is 12.0. The molecule has 1 heterocycles. The summed E-state index contributed by atoms with van der Waals surface area (Å²) >= 11 is 0. The van der Waals surface area contributed by atoms with Gasteiger partial charge in [0.15, 0.2) is 0 Å². The number of amides is 2. The van der Waals surface area contributed by atoms with Gasteiger partial charge in [0.25, 0.3) is 0 Å². The summed E-state index contributed by atoms with van der Waals surface area (Å²) in [6, 6.07) is 0. The van der Waals surface area contributed by atoms with E-state index in [4.69, 9.17) is 0 Å². The minimum absolute atomic E-state index is 0.0629. The lowest BCUT2D eigenvalue weighted by Gasteiger charge is -2.45. The molecule has 0 N–H and O–H groups in total. The lowest BCUT2D eigenvalue weighted by atomic mass is 9.96. The molecule has 2 saturated carbocycles. The first-order chi connectivity index (χ1) is 8.44. The molecule has 0 radical (unpaired) electrons. The monoisotopic (exact) mass is 250 g/mol. The maximum atomic E-state index is 12.6. The summed E-state index contributed by atoms with van der Waals surface area (Å²) in [5.41, 5.74) is -0.666. The van der Waals surface area contributed by atoms with Gasteiger partial charge in [-0.05, 0) is 38.5 Å². The van der Waals surface area contributed by atoms with E-state index in [1.165, 1.54) is 19.3 Å². The molecule has 18 heavy (non-hydrogen) atoms. The molecule has 0 aromatic rings. The van der Waals surface area contributed by atoms with E-state index in [-0.39, 0.29) is 17.7 Å². The molecule has 4 nitrogen and oxygen atoms in total. The molecule has 0 unspecified atom stereocenters. The molecule has 100 valence electrons. The van der Waals surface area contributed by atoms with Crippen molar-refractivity contribution >= 4 is 11.8 Å². The van der Waals surface area contributed by atoms with Gasteiger partial charge in [0, 0.05) is 26.1 Å². The zero-order chi connectivity index (χ0) is 13.1. The third-order valence-corrected chi connectivity index (χ3v) is 5.16. The minimum atomic E-state index is -0.666. The summed E-state index contributed by atoms with van der Waals surface area (Å²) in [4.78, 5) is 28.3. The minimum Gasteiger partial charge on any atom is -0.342 e. The van der Waals surface area contributed by atoms with Crippen molar-refractivity contribution in [3.8, 4) is 0 Å². The van der Waals surface area contributed by atoms with E-state index in [1.54, 1.807) is 4.90 Å². The predicted octanol–water partition coefficient (Wildman–Crippen LogP) is 1.11. The second-order valence-electron chi connectivity index (χ2n) is 6.56. The number of nitrogens with zero attached hydrogens (tertiary/aromatic N) is 2. The molecule has 1 aliphatic heterocycles. The van der Waals surface area contributed by atoms with Crippen molar-refractivity contribution in [1.29, 1.82) is 0 Å². The van der Waals surface area contributed by atoms with Crippen molar-refractivity contribution in [3.63, 3.8) is 0 Å². The average molecular weight is 250 g/mol.